The molecule has 0 saturated carbocycles. The number of ether oxygens (including phenoxy) is 2. The number of anilines is 1. The van der Waals surface area contributed by atoms with Gasteiger partial charge in [-0.05, 0) is 24.6 Å². The Labute approximate surface area is 117 Å². The molecule has 0 amide bonds. The Morgan fingerprint density at radius 2 is 1.95 bits per heavy atom. The fourth-order valence-corrected chi connectivity index (χ4v) is 2.33. The standard InChI is InChI=1S/C15H17N3O2/c1-2-11-14(17-9-18-15(11)16)10-4-5-12-13(8-10)20-7-3-6-19-12/h4-5,8-9H,2-3,6-7H2,1H3,(H2,16,17,18). The SMILES string of the molecule is CCc1c(N)ncnc1-c1ccc2c(c1)OCCCO2. The van der Waals surface area contributed by atoms with Gasteiger partial charge in [-0.1, -0.05) is 6.92 Å². The fraction of sp³-hybridized carbons (Fsp3) is 0.333. The summed E-state index contributed by atoms with van der Waals surface area (Å²) < 4.78 is 11.4. The molecular formula is C15H17N3O2. The minimum atomic E-state index is 0.532. The maximum atomic E-state index is 5.92. The van der Waals surface area contributed by atoms with E-state index in [1.165, 1.54) is 6.33 Å². The Hall–Kier alpha value is -2.30. The van der Waals surface area contributed by atoms with Gasteiger partial charge in [0.05, 0.1) is 18.9 Å². The maximum Gasteiger partial charge on any atom is 0.161 e. The number of fused-ring (bicyclic) bond motifs is 1. The second-order valence-electron chi connectivity index (χ2n) is 4.65. The molecule has 1 aromatic carbocycles. The van der Waals surface area contributed by atoms with E-state index in [-0.39, 0.29) is 0 Å². The highest BCUT2D eigenvalue weighted by molar-refractivity contribution is 5.70. The maximum absolute atomic E-state index is 5.92. The van der Waals surface area contributed by atoms with Gasteiger partial charge in [0.1, 0.15) is 12.1 Å². The monoisotopic (exact) mass is 271 g/mol. The second-order valence-corrected chi connectivity index (χ2v) is 4.65. The van der Waals surface area contributed by atoms with Gasteiger partial charge in [-0.25, -0.2) is 9.97 Å². The lowest BCUT2D eigenvalue weighted by atomic mass is 10.0. The van der Waals surface area contributed by atoms with E-state index < -0.39 is 0 Å². The molecule has 0 bridgehead atoms. The van der Waals surface area contributed by atoms with Gasteiger partial charge in [0.15, 0.2) is 11.5 Å². The van der Waals surface area contributed by atoms with Crippen LogP contribution in [0.1, 0.15) is 18.9 Å². The summed E-state index contributed by atoms with van der Waals surface area (Å²) in [6.07, 6.45) is 3.17. The van der Waals surface area contributed by atoms with E-state index >= 15 is 0 Å². The van der Waals surface area contributed by atoms with Gasteiger partial charge in [-0.3, -0.25) is 0 Å². The lowest BCUT2D eigenvalue weighted by molar-refractivity contribution is 0.297. The third-order valence-electron chi connectivity index (χ3n) is 3.35. The van der Waals surface area contributed by atoms with Crippen LogP contribution in [0.5, 0.6) is 11.5 Å². The molecule has 5 nitrogen and oxygen atoms in total. The van der Waals surface area contributed by atoms with Crippen LogP contribution in [0.2, 0.25) is 0 Å². The number of benzene rings is 1. The highest BCUT2D eigenvalue weighted by Crippen LogP contribution is 2.35. The number of hydrogen-bond acceptors (Lipinski definition) is 5. The largest absolute Gasteiger partial charge is 0.490 e. The molecule has 0 aliphatic carbocycles. The molecule has 0 fully saturated rings. The Balaban J connectivity index is 2.07. The van der Waals surface area contributed by atoms with E-state index in [1.807, 2.05) is 25.1 Å². The molecule has 1 aliphatic rings. The highest BCUT2D eigenvalue weighted by Gasteiger charge is 2.14. The first-order chi connectivity index (χ1) is 9.79. The predicted octanol–water partition coefficient (Wildman–Crippen LogP) is 2.45. The van der Waals surface area contributed by atoms with Crippen LogP contribution in [0.3, 0.4) is 0 Å². The van der Waals surface area contributed by atoms with Crippen LogP contribution in [0, 0.1) is 0 Å². The minimum Gasteiger partial charge on any atom is -0.490 e. The molecule has 0 saturated heterocycles. The molecule has 1 aliphatic heterocycles. The average molecular weight is 271 g/mol. The van der Waals surface area contributed by atoms with Crippen molar-refractivity contribution in [3.8, 4) is 22.8 Å². The normalized spacial score (nSPS) is 13.8. The van der Waals surface area contributed by atoms with Crippen molar-refractivity contribution in [1.29, 1.82) is 0 Å². The van der Waals surface area contributed by atoms with Gasteiger partial charge in [0.2, 0.25) is 0 Å². The van der Waals surface area contributed by atoms with Crippen LogP contribution in [0.15, 0.2) is 24.5 Å². The minimum absolute atomic E-state index is 0.532. The van der Waals surface area contributed by atoms with Gasteiger partial charge in [0, 0.05) is 17.5 Å². The van der Waals surface area contributed by atoms with Crippen LogP contribution in [-0.2, 0) is 6.42 Å². The summed E-state index contributed by atoms with van der Waals surface area (Å²) >= 11 is 0. The van der Waals surface area contributed by atoms with Crippen LogP contribution in [0.4, 0.5) is 5.82 Å². The van der Waals surface area contributed by atoms with E-state index in [0.29, 0.717) is 19.0 Å². The van der Waals surface area contributed by atoms with Crippen molar-refractivity contribution in [2.75, 3.05) is 18.9 Å². The Bertz CT molecular complexity index is 629. The molecule has 5 heteroatoms. The molecule has 20 heavy (non-hydrogen) atoms. The molecule has 0 atom stereocenters. The van der Waals surface area contributed by atoms with Crippen LogP contribution < -0.4 is 15.2 Å². The zero-order chi connectivity index (χ0) is 13.9. The van der Waals surface area contributed by atoms with E-state index in [0.717, 1.165) is 41.2 Å². The summed E-state index contributed by atoms with van der Waals surface area (Å²) in [7, 11) is 0. The van der Waals surface area contributed by atoms with Gasteiger partial charge >= 0.3 is 0 Å². The number of aromatic nitrogens is 2. The van der Waals surface area contributed by atoms with Crippen molar-refractivity contribution in [3.63, 3.8) is 0 Å². The van der Waals surface area contributed by atoms with Gasteiger partial charge < -0.3 is 15.2 Å². The summed E-state index contributed by atoms with van der Waals surface area (Å²) in [6, 6.07) is 5.86. The molecule has 1 aromatic heterocycles. The van der Waals surface area contributed by atoms with E-state index in [1.54, 1.807) is 0 Å². The zero-order valence-corrected chi connectivity index (χ0v) is 11.4. The molecule has 2 N–H and O–H groups in total. The Morgan fingerprint density at radius 1 is 1.15 bits per heavy atom. The molecule has 0 spiro atoms. The summed E-state index contributed by atoms with van der Waals surface area (Å²) in [4.78, 5) is 8.41. The molecule has 2 aromatic rings. The molecule has 0 radical (unpaired) electrons. The van der Waals surface area contributed by atoms with Gasteiger partial charge in [-0.15, -0.1) is 0 Å². The summed E-state index contributed by atoms with van der Waals surface area (Å²) in [5, 5.41) is 0. The van der Waals surface area contributed by atoms with Crippen molar-refractivity contribution in [3.05, 3.63) is 30.1 Å². The average Bonchev–Trinajstić information content (AvgIpc) is 2.71. The van der Waals surface area contributed by atoms with Crippen molar-refractivity contribution in [2.45, 2.75) is 19.8 Å². The van der Waals surface area contributed by atoms with E-state index in [4.69, 9.17) is 15.2 Å². The zero-order valence-electron chi connectivity index (χ0n) is 11.4. The number of nitrogens with two attached hydrogens (primary N) is 1. The third kappa shape index (κ3) is 2.27. The molecule has 2 heterocycles. The first-order valence-corrected chi connectivity index (χ1v) is 6.79. The Kier molecular flexibility index (Phi) is 3.41. The van der Waals surface area contributed by atoms with E-state index in [2.05, 4.69) is 9.97 Å². The number of rotatable bonds is 2. The summed E-state index contributed by atoms with van der Waals surface area (Å²) in [5.41, 5.74) is 8.71. The smallest absolute Gasteiger partial charge is 0.161 e. The van der Waals surface area contributed by atoms with Crippen molar-refractivity contribution < 1.29 is 9.47 Å². The number of nitrogens with zero attached hydrogens (tertiary/aromatic N) is 2. The lowest BCUT2D eigenvalue weighted by Crippen LogP contribution is -2.01. The molecule has 0 unspecified atom stereocenters. The predicted molar refractivity (Wildman–Crippen MR) is 76.9 cm³/mol. The van der Waals surface area contributed by atoms with Gasteiger partial charge in [0.25, 0.3) is 0 Å². The van der Waals surface area contributed by atoms with Gasteiger partial charge in [-0.2, -0.15) is 0 Å². The van der Waals surface area contributed by atoms with Crippen molar-refractivity contribution in [2.24, 2.45) is 0 Å². The third-order valence-corrected chi connectivity index (χ3v) is 3.35. The summed E-state index contributed by atoms with van der Waals surface area (Å²) in [6.45, 7) is 3.40. The van der Waals surface area contributed by atoms with Crippen LogP contribution in [-0.4, -0.2) is 23.2 Å². The highest BCUT2D eigenvalue weighted by atomic mass is 16.5. The summed E-state index contributed by atoms with van der Waals surface area (Å²) in [5.74, 6) is 2.08. The first kappa shape index (κ1) is 12.7. The topological polar surface area (TPSA) is 70.3 Å². The number of hydrogen-bond donors (Lipinski definition) is 1. The fourth-order valence-electron chi connectivity index (χ4n) is 2.33. The number of nitrogen functional groups attached to an aromatic ring is 1. The lowest BCUT2D eigenvalue weighted by Gasteiger charge is -2.12. The Morgan fingerprint density at radius 3 is 2.75 bits per heavy atom. The molecule has 104 valence electrons. The van der Waals surface area contributed by atoms with Crippen LogP contribution >= 0.6 is 0 Å². The van der Waals surface area contributed by atoms with Crippen LogP contribution in [0.25, 0.3) is 11.3 Å². The quantitative estimate of drug-likeness (QED) is 0.908. The molecule has 3 rings (SSSR count). The second kappa shape index (κ2) is 5.36. The van der Waals surface area contributed by atoms with E-state index in [9.17, 15) is 0 Å². The molecular weight excluding hydrogens is 254 g/mol. The first-order valence-electron chi connectivity index (χ1n) is 6.79. The van der Waals surface area contributed by atoms with Crippen molar-refractivity contribution >= 4 is 5.82 Å². The van der Waals surface area contributed by atoms with Crippen molar-refractivity contribution in [1.82, 2.24) is 9.97 Å².